The number of phenols is 1. The molecule has 39 heavy (non-hydrogen) atoms. The van der Waals surface area contributed by atoms with Crippen LogP contribution in [0, 0.1) is 0 Å². The third kappa shape index (κ3) is 3.96. The van der Waals surface area contributed by atoms with E-state index in [1.165, 1.54) is 29.5 Å². The highest BCUT2D eigenvalue weighted by molar-refractivity contribution is 6.31. The van der Waals surface area contributed by atoms with Crippen molar-refractivity contribution in [2.24, 2.45) is 0 Å². The number of rotatable bonds is 4. The van der Waals surface area contributed by atoms with E-state index in [0.29, 0.717) is 42.7 Å². The third-order valence-corrected chi connectivity index (χ3v) is 11.1. The van der Waals surface area contributed by atoms with Crippen molar-refractivity contribution < 1.29 is 14.2 Å². The number of alkyl halides is 1. The molecule has 9 heteroatoms. The van der Waals surface area contributed by atoms with Gasteiger partial charge < -0.3 is 20.1 Å². The van der Waals surface area contributed by atoms with Gasteiger partial charge in [-0.25, -0.2) is 4.39 Å². The summed E-state index contributed by atoms with van der Waals surface area (Å²) in [5.41, 5.74) is 4.36. The first kappa shape index (κ1) is 24.6. The number of benzene rings is 1. The van der Waals surface area contributed by atoms with Crippen LogP contribution < -0.4 is 15.0 Å². The summed E-state index contributed by atoms with van der Waals surface area (Å²) in [6.45, 7) is 3.81. The van der Waals surface area contributed by atoms with Crippen LogP contribution in [0.25, 0.3) is 0 Å². The maximum absolute atomic E-state index is 14.4. The lowest BCUT2D eigenvalue weighted by atomic mass is 9.69. The predicted molar refractivity (Wildman–Crippen MR) is 148 cm³/mol. The van der Waals surface area contributed by atoms with Gasteiger partial charge in [0, 0.05) is 54.1 Å². The van der Waals surface area contributed by atoms with E-state index in [1.54, 1.807) is 6.07 Å². The first-order valence-corrected chi connectivity index (χ1v) is 15.2. The molecular weight excluding hydrogens is 517 g/mol. The number of phenolic OH excluding ortho intramolecular Hbond substituents is 1. The summed E-state index contributed by atoms with van der Waals surface area (Å²) in [6, 6.07) is 5.03. The molecule has 4 fully saturated rings. The molecule has 0 radical (unpaired) electrons. The molecule has 0 saturated carbocycles. The number of hydrogen-bond acceptors (Lipinski definition) is 7. The molecule has 6 aliphatic rings. The molecule has 2 N–H and O–H groups in total. The van der Waals surface area contributed by atoms with Crippen LogP contribution in [0.3, 0.4) is 0 Å². The standard InChI is InChI=1S/C30H37ClFN5O2/c31-25-11-21(38)10-24-22(25)4-7-29(24)8-5-23-26(13-29)34-28(35-27(23)36-15-19-2-3-20(16-36)33-19)39-17-30-6-1-9-37(30)14-18(32)12-30/h10-11,18-20,33,38H,1-9,12-17H2/t18-,19?,20?,29?,30+/m1/s1. The second-order valence-corrected chi connectivity index (χ2v) is 13.5. The SMILES string of the molecule is Oc1cc(Cl)c2c(c1)C1(CC2)CCc2c(nc(OC[C@@]34CCCN3C[C@H](F)C4)nc2N2CC3CCC(C2)N3)C1. The molecule has 4 aliphatic heterocycles. The minimum atomic E-state index is -0.782. The molecule has 5 heterocycles. The Morgan fingerprint density at radius 2 is 1.87 bits per heavy atom. The highest BCUT2D eigenvalue weighted by Crippen LogP contribution is 2.51. The number of ether oxygens (including phenoxy) is 1. The van der Waals surface area contributed by atoms with Crippen molar-refractivity contribution in [1.82, 2.24) is 20.2 Å². The van der Waals surface area contributed by atoms with E-state index in [2.05, 4.69) is 15.1 Å². The van der Waals surface area contributed by atoms with Crippen molar-refractivity contribution >= 4 is 17.4 Å². The second kappa shape index (κ2) is 8.92. The van der Waals surface area contributed by atoms with Gasteiger partial charge >= 0.3 is 6.01 Å². The second-order valence-electron chi connectivity index (χ2n) is 13.1. The average molecular weight is 554 g/mol. The summed E-state index contributed by atoms with van der Waals surface area (Å²) in [5.74, 6) is 1.27. The number of anilines is 1. The zero-order valence-corrected chi connectivity index (χ0v) is 23.1. The van der Waals surface area contributed by atoms with Gasteiger partial charge in [-0.1, -0.05) is 11.6 Å². The molecule has 1 aromatic carbocycles. The molecule has 4 saturated heterocycles. The number of halogens is 2. The normalized spacial score (nSPS) is 34.9. The van der Waals surface area contributed by atoms with E-state index < -0.39 is 6.17 Å². The van der Waals surface area contributed by atoms with Gasteiger partial charge in [0.2, 0.25) is 0 Å². The molecule has 2 aliphatic carbocycles. The van der Waals surface area contributed by atoms with E-state index in [4.69, 9.17) is 26.3 Å². The van der Waals surface area contributed by atoms with Crippen LogP contribution in [0.15, 0.2) is 12.1 Å². The monoisotopic (exact) mass is 553 g/mol. The Kier molecular flexibility index (Phi) is 5.63. The van der Waals surface area contributed by atoms with Crippen LogP contribution >= 0.6 is 11.6 Å². The molecule has 208 valence electrons. The lowest BCUT2D eigenvalue weighted by Gasteiger charge is -2.39. The summed E-state index contributed by atoms with van der Waals surface area (Å²) in [4.78, 5) is 14.9. The van der Waals surface area contributed by atoms with Crippen LogP contribution in [0.5, 0.6) is 11.8 Å². The van der Waals surface area contributed by atoms with Crippen molar-refractivity contribution in [2.75, 3.05) is 37.7 Å². The lowest BCUT2D eigenvalue weighted by molar-refractivity contribution is 0.107. The van der Waals surface area contributed by atoms with E-state index >= 15 is 0 Å². The maximum atomic E-state index is 14.4. The van der Waals surface area contributed by atoms with Crippen LogP contribution in [0.4, 0.5) is 10.2 Å². The molecule has 3 unspecified atom stereocenters. The topological polar surface area (TPSA) is 73.8 Å². The quantitative estimate of drug-likeness (QED) is 0.590. The molecule has 7 nitrogen and oxygen atoms in total. The molecule has 0 amide bonds. The Balaban J connectivity index is 1.15. The molecule has 2 aromatic rings. The Hall–Kier alpha value is -2.16. The molecule has 2 bridgehead atoms. The lowest BCUT2D eigenvalue weighted by Crippen LogP contribution is -2.52. The predicted octanol–water partition coefficient (Wildman–Crippen LogP) is 4.10. The zero-order valence-electron chi connectivity index (χ0n) is 22.4. The first-order valence-electron chi connectivity index (χ1n) is 14.8. The summed E-state index contributed by atoms with van der Waals surface area (Å²) in [7, 11) is 0. The summed E-state index contributed by atoms with van der Waals surface area (Å²) in [5, 5.41) is 14.8. The summed E-state index contributed by atoms with van der Waals surface area (Å²) in [6.07, 6.45) is 8.87. The molecule has 1 spiro atoms. The van der Waals surface area contributed by atoms with E-state index in [9.17, 15) is 9.50 Å². The van der Waals surface area contributed by atoms with Gasteiger partial charge in [-0.05, 0) is 87.6 Å². The van der Waals surface area contributed by atoms with Crippen LogP contribution in [-0.4, -0.2) is 76.6 Å². The molecular formula is C30H37ClFN5O2. The van der Waals surface area contributed by atoms with Gasteiger partial charge in [-0.3, -0.25) is 4.90 Å². The van der Waals surface area contributed by atoms with E-state index in [-0.39, 0.29) is 16.7 Å². The molecule has 8 rings (SSSR count). The zero-order chi connectivity index (χ0) is 26.4. The van der Waals surface area contributed by atoms with Gasteiger partial charge in [0.15, 0.2) is 0 Å². The number of nitrogens with zero attached hydrogens (tertiary/aromatic N) is 4. The Morgan fingerprint density at radius 1 is 1.08 bits per heavy atom. The van der Waals surface area contributed by atoms with Crippen LogP contribution in [-0.2, 0) is 24.7 Å². The van der Waals surface area contributed by atoms with Gasteiger partial charge in [0.1, 0.15) is 24.3 Å². The number of piperazine rings is 1. The highest BCUT2D eigenvalue weighted by atomic mass is 35.5. The summed E-state index contributed by atoms with van der Waals surface area (Å²) >= 11 is 6.57. The largest absolute Gasteiger partial charge is 0.508 e. The fourth-order valence-electron chi connectivity index (χ4n) is 8.91. The van der Waals surface area contributed by atoms with E-state index in [1.807, 2.05) is 6.07 Å². The average Bonchev–Trinajstić information content (AvgIpc) is 3.64. The molecule has 5 atom stereocenters. The third-order valence-electron chi connectivity index (χ3n) is 10.8. The number of aromatic hydroxyl groups is 1. The fourth-order valence-corrected chi connectivity index (χ4v) is 9.21. The van der Waals surface area contributed by atoms with E-state index in [0.717, 1.165) is 76.1 Å². The Morgan fingerprint density at radius 3 is 2.69 bits per heavy atom. The minimum Gasteiger partial charge on any atom is -0.508 e. The number of nitrogens with one attached hydrogen (secondary N) is 1. The van der Waals surface area contributed by atoms with Crippen LogP contribution in [0.2, 0.25) is 5.02 Å². The molecule has 1 aromatic heterocycles. The van der Waals surface area contributed by atoms with Crippen molar-refractivity contribution in [3.05, 3.63) is 39.5 Å². The van der Waals surface area contributed by atoms with Crippen molar-refractivity contribution in [3.8, 4) is 11.8 Å². The summed E-state index contributed by atoms with van der Waals surface area (Å²) < 4.78 is 20.8. The Labute approximate surface area is 234 Å². The van der Waals surface area contributed by atoms with Gasteiger partial charge in [0.05, 0.1) is 11.2 Å². The number of aromatic nitrogens is 2. The van der Waals surface area contributed by atoms with Crippen molar-refractivity contribution in [1.29, 1.82) is 0 Å². The highest BCUT2D eigenvalue weighted by Gasteiger charge is 2.50. The first-order chi connectivity index (χ1) is 18.9. The number of hydrogen-bond donors (Lipinski definition) is 2. The van der Waals surface area contributed by atoms with Gasteiger partial charge in [-0.2, -0.15) is 9.97 Å². The van der Waals surface area contributed by atoms with Crippen LogP contribution in [0.1, 0.15) is 67.3 Å². The smallest absolute Gasteiger partial charge is 0.318 e. The number of fused-ring (bicyclic) bond motifs is 6. The Bertz CT molecular complexity index is 1310. The van der Waals surface area contributed by atoms with Gasteiger partial charge in [-0.15, -0.1) is 0 Å². The maximum Gasteiger partial charge on any atom is 0.318 e. The minimum absolute atomic E-state index is 0.0794. The fraction of sp³-hybridized carbons (Fsp3) is 0.667. The van der Waals surface area contributed by atoms with Crippen molar-refractivity contribution in [2.45, 2.75) is 93.4 Å². The van der Waals surface area contributed by atoms with Gasteiger partial charge in [0.25, 0.3) is 0 Å². The van der Waals surface area contributed by atoms with Crippen molar-refractivity contribution in [3.63, 3.8) is 0 Å².